The van der Waals surface area contributed by atoms with Gasteiger partial charge in [-0.15, -0.1) is 0 Å². The van der Waals surface area contributed by atoms with Crippen LogP contribution in [-0.4, -0.2) is 36.1 Å². The minimum atomic E-state index is -0.612. The van der Waals surface area contributed by atoms with E-state index in [1.165, 1.54) is 0 Å². The van der Waals surface area contributed by atoms with Crippen molar-refractivity contribution < 1.29 is 14.9 Å². The fraction of sp³-hybridized carbons (Fsp3) is 0.889. The fourth-order valence-electron chi connectivity index (χ4n) is 1.06. The van der Waals surface area contributed by atoms with Gasteiger partial charge < -0.3 is 14.9 Å². The van der Waals surface area contributed by atoms with Gasteiger partial charge in [0.05, 0.1) is 30.8 Å². The molecule has 4 heteroatoms. The standard InChI is InChI=1S/C9H15NO3/c10-6-9(2-3-9)7-13-5-8(12)1-4-11/h8,11-12H,1-5,7H2. The van der Waals surface area contributed by atoms with Crippen molar-refractivity contribution in [1.82, 2.24) is 0 Å². The zero-order chi connectivity index (χ0) is 9.73. The van der Waals surface area contributed by atoms with E-state index in [2.05, 4.69) is 6.07 Å². The molecule has 2 N–H and O–H groups in total. The molecule has 0 radical (unpaired) electrons. The van der Waals surface area contributed by atoms with E-state index in [4.69, 9.17) is 15.1 Å². The molecule has 1 saturated carbocycles. The Morgan fingerprint density at radius 3 is 2.69 bits per heavy atom. The zero-order valence-corrected chi connectivity index (χ0v) is 7.57. The molecule has 0 saturated heterocycles. The molecule has 1 fully saturated rings. The van der Waals surface area contributed by atoms with Gasteiger partial charge in [-0.2, -0.15) is 5.26 Å². The lowest BCUT2D eigenvalue weighted by Gasteiger charge is -2.11. The molecular formula is C9H15NO3. The largest absolute Gasteiger partial charge is 0.396 e. The van der Waals surface area contributed by atoms with Crippen LogP contribution >= 0.6 is 0 Å². The number of nitrogens with zero attached hydrogens (tertiary/aromatic N) is 1. The van der Waals surface area contributed by atoms with Crippen LogP contribution in [-0.2, 0) is 4.74 Å². The van der Waals surface area contributed by atoms with Crippen molar-refractivity contribution in [3.8, 4) is 6.07 Å². The summed E-state index contributed by atoms with van der Waals surface area (Å²) < 4.78 is 5.18. The van der Waals surface area contributed by atoms with E-state index < -0.39 is 6.10 Å². The van der Waals surface area contributed by atoms with E-state index in [-0.39, 0.29) is 18.6 Å². The van der Waals surface area contributed by atoms with E-state index in [0.29, 0.717) is 13.0 Å². The van der Waals surface area contributed by atoms with Crippen LogP contribution in [0.3, 0.4) is 0 Å². The number of aliphatic hydroxyl groups is 2. The first kappa shape index (κ1) is 10.5. The Morgan fingerprint density at radius 1 is 1.54 bits per heavy atom. The van der Waals surface area contributed by atoms with E-state index in [9.17, 15) is 5.11 Å². The van der Waals surface area contributed by atoms with Crippen molar-refractivity contribution in [3.05, 3.63) is 0 Å². The predicted molar refractivity (Wildman–Crippen MR) is 45.8 cm³/mol. The molecule has 0 aliphatic heterocycles. The molecule has 0 aromatic carbocycles. The highest BCUT2D eigenvalue weighted by molar-refractivity contribution is 5.09. The Kier molecular flexibility index (Phi) is 3.67. The first-order valence-electron chi connectivity index (χ1n) is 4.50. The van der Waals surface area contributed by atoms with Crippen LogP contribution in [0.4, 0.5) is 0 Å². The molecule has 0 heterocycles. The van der Waals surface area contributed by atoms with Gasteiger partial charge in [-0.25, -0.2) is 0 Å². The van der Waals surface area contributed by atoms with E-state index in [0.717, 1.165) is 12.8 Å². The van der Waals surface area contributed by atoms with Gasteiger partial charge in [-0.3, -0.25) is 0 Å². The number of ether oxygens (including phenoxy) is 1. The zero-order valence-electron chi connectivity index (χ0n) is 7.57. The second kappa shape index (κ2) is 4.56. The summed E-state index contributed by atoms with van der Waals surface area (Å²) in [7, 11) is 0. The maximum absolute atomic E-state index is 9.17. The van der Waals surface area contributed by atoms with Crippen molar-refractivity contribution in [2.45, 2.75) is 25.4 Å². The number of rotatable bonds is 6. The number of hydrogen-bond donors (Lipinski definition) is 2. The summed E-state index contributed by atoms with van der Waals surface area (Å²) in [5.41, 5.74) is -0.265. The van der Waals surface area contributed by atoms with Gasteiger partial charge in [-0.1, -0.05) is 0 Å². The van der Waals surface area contributed by atoms with Crippen molar-refractivity contribution in [3.63, 3.8) is 0 Å². The highest BCUT2D eigenvalue weighted by Crippen LogP contribution is 2.44. The van der Waals surface area contributed by atoms with Gasteiger partial charge in [0.2, 0.25) is 0 Å². The van der Waals surface area contributed by atoms with E-state index in [1.807, 2.05) is 0 Å². The fourth-order valence-corrected chi connectivity index (χ4v) is 1.06. The molecule has 0 aromatic heterocycles. The van der Waals surface area contributed by atoms with Gasteiger partial charge in [0.25, 0.3) is 0 Å². The Morgan fingerprint density at radius 2 is 2.23 bits per heavy atom. The minimum Gasteiger partial charge on any atom is -0.396 e. The molecule has 0 aromatic rings. The summed E-state index contributed by atoms with van der Waals surface area (Å²) in [6.07, 6.45) is 1.53. The number of hydrogen-bond acceptors (Lipinski definition) is 4. The van der Waals surface area contributed by atoms with Crippen LogP contribution in [0.25, 0.3) is 0 Å². The Bertz CT molecular complexity index is 196. The van der Waals surface area contributed by atoms with Gasteiger partial charge in [0.1, 0.15) is 0 Å². The molecular weight excluding hydrogens is 170 g/mol. The molecule has 0 amide bonds. The molecule has 1 aliphatic carbocycles. The summed E-state index contributed by atoms with van der Waals surface area (Å²) in [5, 5.41) is 26.4. The highest BCUT2D eigenvalue weighted by atomic mass is 16.5. The Hall–Kier alpha value is -0.630. The lowest BCUT2D eigenvalue weighted by molar-refractivity contribution is 0.0135. The molecule has 13 heavy (non-hydrogen) atoms. The van der Waals surface area contributed by atoms with Crippen LogP contribution in [0.5, 0.6) is 0 Å². The number of aliphatic hydroxyl groups excluding tert-OH is 2. The second-order valence-electron chi connectivity index (χ2n) is 3.57. The lowest BCUT2D eigenvalue weighted by Crippen LogP contribution is -2.19. The summed E-state index contributed by atoms with van der Waals surface area (Å²) in [4.78, 5) is 0. The van der Waals surface area contributed by atoms with Gasteiger partial charge >= 0.3 is 0 Å². The van der Waals surface area contributed by atoms with Crippen molar-refractivity contribution in [2.75, 3.05) is 19.8 Å². The molecule has 74 valence electrons. The normalized spacial score (nSPS) is 20.7. The quantitative estimate of drug-likeness (QED) is 0.613. The number of nitriles is 1. The molecule has 1 aliphatic rings. The maximum atomic E-state index is 9.17. The summed E-state index contributed by atoms with van der Waals surface area (Å²) >= 11 is 0. The van der Waals surface area contributed by atoms with Crippen molar-refractivity contribution in [2.24, 2.45) is 5.41 Å². The van der Waals surface area contributed by atoms with Crippen molar-refractivity contribution >= 4 is 0 Å². The van der Waals surface area contributed by atoms with E-state index >= 15 is 0 Å². The molecule has 4 nitrogen and oxygen atoms in total. The molecule has 1 atom stereocenters. The Balaban J connectivity index is 2.04. The predicted octanol–water partition coefficient (Wildman–Crippen LogP) is 0.0501. The second-order valence-corrected chi connectivity index (χ2v) is 3.57. The third-order valence-corrected chi connectivity index (χ3v) is 2.24. The lowest BCUT2D eigenvalue weighted by atomic mass is 10.1. The summed E-state index contributed by atoms with van der Waals surface area (Å²) in [5.74, 6) is 0. The van der Waals surface area contributed by atoms with Crippen LogP contribution in [0.15, 0.2) is 0 Å². The average molecular weight is 185 g/mol. The van der Waals surface area contributed by atoms with Gasteiger partial charge in [0, 0.05) is 6.61 Å². The van der Waals surface area contributed by atoms with Crippen LogP contribution in [0.1, 0.15) is 19.3 Å². The van der Waals surface area contributed by atoms with Crippen LogP contribution < -0.4 is 0 Å². The van der Waals surface area contributed by atoms with Crippen molar-refractivity contribution in [1.29, 1.82) is 5.26 Å². The van der Waals surface area contributed by atoms with Crippen LogP contribution in [0, 0.1) is 16.7 Å². The molecule has 1 rings (SSSR count). The first-order chi connectivity index (χ1) is 6.22. The monoisotopic (exact) mass is 185 g/mol. The SMILES string of the molecule is N#CC1(COCC(O)CCO)CC1. The molecule has 0 spiro atoms. The van der Waals surface area contributed by atoms with Crippen LogP contribution in [0.2, 0.25) is 0 Å². The average Bonchev–Trinajstić information content (AvgIpc) is 2.86. The topological polar surface area (TPSA) is 73.5 Å². The van der Waals surface area contributed by atoms with Gasteiger partial charge in [0.15, 0.2) is 0 Å². The molecule has 1 unspecified atom stereocenters. The molecule has 0 bridgehead atoms. The maximum Gasteiger partial charge on any atom is 0.0808 e. The minimum absolute atomic E-state index is 0.0338. The summed E-state index contributed by atoms with van der Waals surface area (Å²) in [6.45, 7) is 0.587. The highest BCUT2D eigenvalue weighted by Gasteiger charge is 2.43. The Labute approximate surface area is 77.7 Å². The smallest absolute Gasteiger partial charge is 0.0808 e. The first-order valence-corrected chi connectivity index (χ1v) is 4.50. The third kappa shape index (κ3) is 3.31. The third-order valence-electron chi connectivity index (χ3n) is 2.24. The van der Waals surface area contributed by atoms with Gasteiger partial charge in [-0.05, 0) is 19.3 Å². The summed E-state index contributed by atoms with van der Waals surface area (Å²) in [6, 6.07) is 2.20. The van der Waals surface area contributed by atoms with E-state index in [1.54, 1.807) is 0 Å².